The highest BCUT2D eigenvalue weighted by molar-refractivity contribution is 6.31. The van der Waals surface area contributed by atoms with Gasteiger partial charge in [0.05, 0.1) is 13.2 Å². The third kappa shape index (κ3) is 2.71. The predicted molar refractivity (Wildman–Crippen MR) is 76.1 cm³/mol. The number of nitrogens with two attached hydrogens (primary N) is 1. The van der Waals surface area contributed by atoms with Gasteiger partial charge >= 0.3 is 0 Å². The average molecular weight is 278 g/mol. The van der Waals surface area contributed by atoms with Crippen LogP contribution in [0.1, 0.15) is 22.9 Å². The molecule has 1 aromatic carbocycles. The molecule has 0 spiro atoms. The molecule has 0 aliphatic heterocycles. The molecule has 1 atom stereocenters. The van der Waals surface area contributed by atoms with Crippen LogP contribution in [0, 0.1) is 6.92 Å². The molecule has 1 unspecified atom stereocenters. The Bertz CT molecular complexity index is 574. The maximum Gasteiger partial charge on any atom is 0.142 e. The van der Waals surface area contributed by atoms with Crippen LogP contribution in [0.2, 0.25) is 5.02 Å². The fourth-order valence-corrected chi connectivity index (χ4v) is 2.23. The van der Waals surface area contributed by atoms with Crippen LogP contribution in [-0.2, 0) is 0 Å². The van der Waals surface area contributed by atoms with Crippen molar-refractivity contribution in [2.24, 2.45) is 5.84 Å². The first-order valence-corrected chi connectivity index (χ1v) is 6.27. The summed E-state index contributed by atoms with van der Waals surface area (Å²) in [7, 11) is 1.61. The van der Waals surface area contributed by atoms with Gasteiger partial charge in [0.1, 0.15) is 11.4 Å². The largest absolute Gasteiger partial charge is 0.495 e. The van der Waals surface area contributed by atoms with E-state index < -0.39 is 0 Å². The summed E-state index contributed by atoms with van der Waals surface area (Å²) >= 11 is 6.16. The maximum absolute atomic E-state index is 6.16. The molecule has 0 aliphatic rings. The minimum atomic E-state index is -0.269. The van der Waals surface area contributed by atoms with Crippen LogP contribution in [0.15, 0.2) is 36.5 Å². The van der Waals surface area contributed by atoms with E-state index >= 15 is 0 Å². The molecule has 0 radical (unpaired) electrons. The number of methoxy groups -OCH3 is 1. The van der Waals surface area contributed by atoms with E-state index in [9.17, 15) is 0 Å². The van der Waals surface area contributed by atoms with Crippen molar-refractivity contribution in [2.45, 2.75) is 13.0 Å². The quantitative estimate of drug-likeness (QED) is 0.666. The monoisotopic (exact) mass is 277 g/mol. The van der Waals surface area contributed by atoms with Crippen LogP contribution in [-0.4, -0.2) is 12.1 Å². The lowest BCUT2D eigenvalue weighted by molar-refractivity contribution is 0.400. The topological polar surface area (TPSA) is 60.2 Å². The number of benzene rings is 1. The van der Waals surface area contributed by atoms with Gasteiger partial charge in [0.25, 0.3) is 0 Å². The maximum atomic E-state index is 6.16. The van der Waals surface area contributed by atoms with Gasteiger partial charge in [0.2, 0.25) is 0 Å². The van der Waals surface area contributed by atoms with Crippen molar-refractivity contribution in [3.05, 3.63) is 58.4 Å². The van der Waals surface area contributed by atoms with Crippen molar-refractivity contribution in [1.82, 2.24) is 10.4 Å². The molecule has 19 heavy (non-hydrogen) atoms. The van der Waals surface area contributed by atoms with Gasteiger partial charge < -0.3 is 4.74 Å². The van der Waals surface area contributed by atoms with Crippen LogP contribution in [0.3, 0.4) is 0 Å². The summed E-state index contributed by atoms with van der Waals surface area (Å²) in [6, 6.07) is 9.12. The summed E-state index contributed by atoms with van der Waals surface area (Å²) in [6.45, 7) is 1.96. The Morgan fingerprint density at radius 2 is 2.11 bits per heavy atom. The Morgan fingerprint density at radius 1 is 1.32 bits per heavy atom. The normalized spacial score (nSPS) is 12.2. The Hall–Kier alpha value is -1.62. The summed E-state index contributed by atoms with van der Waals surface area (Å²) in [4.78, 5) is 4.36. The molecule has 4 nitrogen and oxygen atoms in total. The zero-order valence-electron chi connectivity index (χ0n) is 10.9. The molecular weight excluding hydrogens is 262 g/mol. The summed E-state index contributed by atoms with van der Waals surface area (Å²) < 4.78 is 5.33. The second-order valence-electron chi connectivity index (χ2n) is 4.14. The van der Waals surface area contributed by atoms with Gasteiger partial charge in [-0.2, -0.15) is 0 Å². The molecule has 0 bridgehead atoms. The molecule has 100 valence electrons. The van der Waals surface area contributed by atoms with Crippen molar-refractivity contribution in [1.29, 1.82) is 0 Å². The zero-order valence-corrected chi connectivity index (χ0v) is 11.6. The Morgan fingerprint density at radius 3 is 2.79 bits per heavy atom. The number of hydrogen-bond acceptors (Lipinski definition) is 4. The Balaban J connectivity index is 2.53. The summed E-state index contributed by atoms with van der Waals surface area (Å²) in [5, 5.41) is 0.702. The number of aromatic nitrogens is 1. The number of hydrazine groups is 1. The third-order valence-electron chi connectivity index (χ3n) is 3.08. The van der Waals surface area contributed by atoms with E-state index in [2.05, 4.69) is 10.4 Å². The van der Waals surface area contributed by atoms with E-state index in [1.54, 1.807) is 13.3 Å². The summed E-state index contributed by atoms with van der Waals surface area (Å²) in [5.74, 6) is 6.38. The zero-order chi connectivity index (χ0) is 13.8. The fraction of sp³-hybridized carbons (Fsp3) is 0.214. The highest BCUT2D eigenvalue weighted by atomic mass is 35.5. The number of halogens is 1. The van der Waals surface area contributed by atoms with E-state index in [1.165, 1.54) is 0 Å². The van der Waals surface area contributed by atoms with Crippen LogP contribution >= 0.6 is 11.6 Å². The molecule has 0 aliphatic carbocycles. The molecule has 0 amide bonds. The number of hydrogen-bond donors (Lipinski definition) is 2. The third-order valence-corrected chi connectivity index (χ3v) is 3.49. The Labute approximate surface area is 117 Å². The van der Waals surface area contributed by atoms with Crippen LogP contribution in [0.5, 0.6) is 5.75 Å². The van der Waals surface area contributed by atoms with Crippen molar-refractivity contribution < 1.29 is 4.74 Å². The van der Waals surface area contributed by atoms with Gasteiger partial charge in [-0.3, -0.25) is 10.8 Å². The second-order valence-corrected chi connectivity index (χ2v) is 4.55. The first-order valence-electron chi connectivity index (χ1n) is 5.89. The molecule has 0 fully saturated rings. The van der Waals surface area contributed by atoms with Crippen molar-refractivity contribution in [3.63, 3.8) is 0 Å². The molecule has 3 N–H and O–H groups in total. The standard InChI is InChI=1S/C14H16ClN3O/c1-9-10(5-3-6-11(9)15)13(18-16)14-12(19-2)7-4-8-17-14/h3-8,13,18H,16H2,1-2H3. The van der Waals surface area contributed by atoms with Crippen LogP contribution in [0.25, 0.3) is 0 Å². The summed E-state index contributed by atoms with van der Waals surface area (Å²) in [6.07, 6.45) is 1.71. The lowest BCUT2D eigenvalue weighted by Crippen LogP contribution is -2.30. The van der Waals surface area contributed by atoms with E-state index in [-0.39, 0.29) is 6.04 Å². The molecule has 1 aromatic heterocycles. The lowest BCUT2D eigenvalue weighted by atomic mass is 9.98. The van der Waals surface area contributed by atoms with Crippen LogP contribution in [0.4, 0.5) is 0 Å². The lowest BCUT2D eigenvalue weighted by Gasteiger charge is -2.20. The van der Waals surface area contributed by atoms with E-state index in [0.717, 1.165) is 16.8 Å². The second kappa shape index (κ2) is 6.02. The average Bonchev–Trinajstić information content (AvgIpc) is 2.45. The number of nitrogens with zero attached hydrogens (tertiary/aromatic N) is 1. The minimum Gasteiger partial charge on any atom is -0.495 e. The van der Waals surface area contributed by atoms with E-state index in [1.807, 2.05) is 37.3 Å². The first-order chi connectivity index (χ1) is 9.19. The predicted octanol–water partition coefficient (Wildman–Crippen LogP) is 2.60. The van der Waals surface area contributed by atoms with Gasteiger partial charge in [-0.05, 0) is 36.2 Å². The van der Waals surface area contributed by atoms with Gasteiger partial charge in [0, 0.05) is 11.2 Å². The van der Waals surface area contributed by atoms with Gasteiger partial charge in [-0.1, -0.05) is 23.7 Å². The molecular formula is C14H16ClN3O. The first kappa shape index (κ1) is 13.8. The fourth-order valence-electron chi connectivity index (χ4n) is 2.05. The number of ether oxygens (including phenoxy) is 1. The van der Waals surface area contributed by atoms with Gasteiger partial charge in [-0.25, -0.2) is 5.43 Å². The summed E-state index contributed by atoms with van der Waals surface area (Å²) in [5.41, 5.74) is 5.46. The number of rotatable bonds is 4. The van der Waals surface area contributed by atoms with Gasteiger partial charge in [-0.15, -0.1) is 0 Å². The number of pyridine rings is 1. The molecule has 2 aromatic rings. The highest BCUT2D eigenvalue weighted by Crippen LogP contribution is 2.31. The van der Waals surface area contributed by atoms with Crippen LogP contribution < -0.4 is 16.0 Å². The molecule has 5 heteroatoms. The van der Waals surface area contributed by atoms with E-state index in [4.69, 9.17) is 22.2 Å². The Kier molecular flexibility index (Phi) is 4.37. The highest BCUT2D eigenvalue weighted by Gasteiger charge is 2.20. The van der Waals surface area contributed by atoms with Crippen molar-refractivity contribution in [2.75, 3.05) is 7.11 Å². The van der Waals surface area contributed by atoms with Crippen molar-refractivity contribution >= 4 is 11.6 Å². The SMILES string of the molecule is COc1cccnc1C(NN)c1cccc(Cl)c1C. The molecule has 0 saturated heterocycles. The minimum absolute atomic E-state index is 0.269. The molecule has 2 rings (SSSR count). The number of nitrogens with one attached hydrogen (secondary N) is 1. The van der Waals surface area contributed by atoms with Crippen molar-refractivity contribution in [3.8, 4) is 5.75 Å². The van der Waals surface area contributed by atoms with E-state index in [0.29, 0.717) is 10.8 Å². The van der Waals surface area contributed by atoms with Gasteiger partial charge in [0.15, 0.2) is 0 Å². The molecule has 1 heterocycles. The molecule has 0 saturated carbocycles. The smallest absolute Gasteiger partial charge is 0.142 e.